The molecule has 2 nitrogen and oxygen atoms in total. The molecule has 19 heavy (non-hydrogen) atoms. The van der Waals surface area contributed by atoms with E-state index in [0.29, 0.717) is 11.3 Å². The monoisotopic (exact) mass is 254 g/mol. The number of hydrogen-bond acceptors (Lipinski definition) is 2. The number of ether oxygens (including phenoxy) is 1. The molecule has 0 unspecified atom stereocenters. The van der Waals surface area contributed by atoms with Crippen LogP contribution < -0.4 is 4.74 Å². The maximum absolute atomic E-state index is 12.6. The molecular weight excluding hydrogens is 236 g/mol. The fraction of sp³-hybridized carbons (Fsp3) is 0.235. The Labute approximate surface area is 114 Å². The third kappa shape index (κ3) is 2.53. The average molecular weight is 254 g/mol. The molecule has 0 atom stereocenters. The largest absolute Gasteiger partial charge is 0.496 e. The minimum Gasteiger partial charge on any atom is -0.496 e. The number of aryl methyl sites for hydroxylation is 3. The average Bonchev–Trinajstić information content (AvgIpc) is 2.42. The number of benzene rings is 2. The lowest BCUT2D eigenvalue weighted by atomic mass is 9.94. The zero-order chi connectivity index (χ0) is 14.0. The molecule has 2 heteroatoms. The highest BCUT2D eigenvalue weighted by Gasteiger charge is 2.16. The lowest BCUT2D eigenvalue weighted by Crippen LogP contribution is -2.06. The van der Waals surface area contributed by atoms with Crippen molar-refractivity contribution in [2.24, 2.45) is 0 Å². The highest BCUT2D eigenvalue weighted by molar-refractivity contribution is 6.11. The van der Waals surface area contributed by atoms with Gasteiger partial charge in [0.2, 0.25) is 0 Å². The molecule has 0 radical (unpaired) electrons. The molecule has 0 spiro atoms. The maximum atomic E-state index is 12.6. The second-order valence-electron chi connectivity index (χ2n) is 4.78. The molecule has 2 aromatic rings. The van der Waals surface area contributed by atoms with E-state index >= 15 is 0 Å². The second-order valence-corrected chi connectivity index (χ2v) is 4.78. The number of hydrogen-bond donors (Lipinski definition) is 0. The van der Waals surface area contributed by atoms with E-state index in [1.54, 1.807) is 13.2 Å². The SMILES string of the molecule is COc1ccccc1C(=O)c1cc(C)c(C)cc1C. The zero-order valence-electron chi connectivity index (χ0n) is 11.8. The molecule has 0 aromatic heterocycles. The van der Waals surface area contributed by atoms with Crippen molar-refractivity contribution in [2.45, 2.75) is 20.8 Å². The van der Waals surface area contributed by atoms with E-state index < -0.39 is 0 Å². The van der Waals surface area contributed by atoms with Gasteiger partial charge in [-0.1, -0.05) is 18.2 Å². The number of carbonyl (C=O) groups excluding carboxylic acids is 1. The van der Waals surface area contributed by atoms with Crippen molar-refractivity contribution < 1.29 is 9.53 Å². The molecule has 0 fully saturated rings. The van der Waals surface area contributed by atoms with Crippen LogP contribution in [-0.2, 0) is 0 Å². The van der Waals surface area contributed by atoms with E-state index in [1.807, 2.05) is 38.1 Å². The summed E-state index contributed by atoms with van der Waals surface area (Å²) >= 11 is 0. The van der Waals surface area contributed by atoms with E-state index in [9.17, 15) is 4.79 Å². The van der Waals surface area contributed by atoms with Crippen molar-refractivity contribution in [3.05, 3.63) is 64.2 Å². The minimum absolute atomic E-state index is 0.0121. The summed E-state index contributed by atoms with van der Waals surface area (Å²) in [7, 11) is 1.58. The number of methoxy groups -OCH3 is 1. The third-order valence-corrected chi connectivity index (χ3v) is 3.44. The van der Waals surface area contributed by atoms with Crippen LogP contribution in [0, 0.1) is 20.8 Å². The van der Waals surface area contributed by atoms with E-state index in [0.717, 1.165) is 16.7 Å². The quantitative estimate of drug-likeness (QED) is 0.778. The van der Waals surface area contributed by atoms with Gasteiger partial charge in [0.05, 0.1) is 12.7 Å². The first-order valence-electron chi connectivity index (χ1n) is 6.30. The van der Waals surface area contributed by atoms with Gasteiger partial charge in [-0.25, -0.2) is 0 Å². The van der Waals surface area contributed by atoms with Gasteiger partial charge in [-0.05, 0) is 55.7 Å². The Morgan fingerprint density at radius 2 is 1.53 bits per heavy atom. The van der Waals surface area contributed by atoms with Crippen LogP contribution in [0.1, 0.15) is 32.6 Å². The molecule has 0 N–H and O–H groups in total. The zero-order valence-corrected chi connectivity index (χ0v) is 11.8. The molecule has 0 aliphatic carbocycles. The molecule has 0 heterocycles. The third-order valence-electron chi connectivity index (χ3n) is 3.44. The standard InChI is InChI=1S/C17H18O2/c1-11-9-13(3)15(10-12(11)2)17(18)14-7-5-6-8-16(14)19-4/h5-10H,1-4H3. The van der Waals surface area contributed by atoms with Crippen LogP contribution in [0.25, 0.3) is 0 Å². The van der Waals surface area contributed by atoms with Crippen LogP contribution in [0.15, 0.2) is 36.4 Å². The predicted octanol–water partition coefficient (Wildman–Crippen LogP) is 3.85. The van der Waals surface area contributed by atoms with Gasteiger partial charge >= 0.3 is 0 Å². The second kappa shape index (κ2) is 5.27. The topological polar surface area (TPSA) is 26.3 Å². The van der Waals surface area contributed by atoms with E-state index in [2.05, 4.69) is 13.0 Å². The van der Waals surface area contributed by atoms with Crippen molar-refractivity contribution in [1.82, 2.24) is 0 Å². The van der Waals surface area contributed by atoms with Gasteiger partial charge in [0, 0.05) is 5.56 Å². The molecule has 2 aromatic carbocycles. The van der Waals surface area contributed by atoms with Crippen molar-refractivity contribution in [3.63, 3.8) is 0 Å². The highest BCUT2D eigenvalue weighted by atomic mass is 16.5. The van der Waals surface area contributed by atoms with Gasteiger partial charge in [0.15, 0.2) is 5.78 Å². The Bertz CT molecular complexity index is 627. The van der Waals surface area contributed by atoms with Crippen molar-refractivity contribution in [1.29, 1.82) is 0 Å². The highest BCUT2D eigenvalue weighted by Crippen LogP contribution is 2.24. The number of para-hydroxylation sites is 1. The summed E-state index contributed by atoms with van der Waals surface area (Å²) in [6, 6.07) is 11.3. The molecule has 0 saturated carbocycles. The number of carbonyl (C=O) groups is 1. The predicted molar refractivity (Wildman–Crippen MR) is 77.1 cm³/mol. The molecule has 0 aliphatic rings. The van der Waals surface area contributed by atoms with Crippen LogP contribution in [0.5, 0.6) is 5.75 Å². The van der Waals surface area contributed by atoms with Gasteiger partial charge in [-0.2, -0.15) is 0 Å². The normalized spacial score (nSPS) is 10.3. The Balaban J connectivity index is 2.53. The first-order valence-corrected chi connectivity index (χ1v) is 6.30. The Kier molecular flexibility index (Phi) is 3.70. The van der Waals surface area contributed by atoms with Crippen molar-refractivity contribution in [2.75, 3.05) is 7.11 Å². The maximum Gasteiger partial charge on any atom is 0.197 e. The molecule has 98 valence electrons. The van der Waals surface area contributed by atoms with E-state index in [1.165, 1.54) is 5.56 Å². The van der Waals surface area contributed by atoms with Gasteiger partial charge in [0.25, 0.3) is 0 Å². The fourth-order valence-electron chi connectivity index (χ4n) is 2.18. The van der Waals surface area contributed by atoms with Gasteiger partial charge in [-0.15, -0.1) is 0 Å². The van der Waals surface area contributed by atoms with Gasteiger partial charge in [-0.3, -0.25) is 4.79 Å². The summed E-state index contributed by atoms with van der Waals surface area (Å²) in [5, 5.41) is 0. The summed E-state index contributed by atoms with van der Waals surface area (Å²) in [5.74, 6) is 0.628. The van der Waals surface area contributed by atoms with Crippen molar-refractivity contribution in [3.8, 4) is 5.75 Å². The van der Waals surface area contributed by atoms with Gasteiger partial charge < -0.3 is 4.74 Å². The summed E-state index contributed by atoms with van der Waals surface area (Å²) in [6.45, 7) is 6.04. The lowest BCUT2D eigenvalue weighted by Gasteiger charge is -2.11. The first kappa shape index (κ1) is 13.3. The number of ketones is 1. The van der Waals surface area contributed by atoms with E-state index in [-0.39, 0.29) is 5.78 Å². The summed E-state index contributed by atoms with van der Waals surface area (Å²) in [4.78, 5) is 12.6. The smallest absolute Gasteiger partial charge is 0.197 e. The summed E-state index contributed by atoms with van der Waals surface area (Å²) < 4.78 is 5.26. The molecule has 2 rings (SSSR count). The lowest BCUT2D eigenvalue weighted by molar-refractivity contribution is 0.103. The minimum atomic E-state index is 0.0121. The van der Waals surface area contributed by atoms with Crippen LogP contribution in [-0.4, -0.2) is 12.9 Å². The summed E-state index contributed by atoms with van der Waals surface area (Å²) in [5.41, 5.74) is 4.68. The Hall–Kier alpha value is -2.09. The van der Waals surface area contributed by atoms with Crippen LogP contribution in [0.3, 0.4) is 0 Å². The fourth-order valence-corrected chi connectivity index (χ4v) is 2.18. The molecule has 0 bridgehead atoms. The molecule has 0 aliphatic heterocycles. The molecular formula is C17H18O2. The van der Waals surface area contributed by atoms with Crippen LogP contribution >= 0.6 is 0 Å². The van der Waals surface area contributed by atoms with Crippen LogP contribution in [0.2, 0.25) is 0 Å². The summed E-state index contributed by atoms with van der Waals surface area (Å²) in [6.07, 6.45) is 0. The number of rotatable bonds is 3. The Morgan fingerprint density at radius 1 is 0.895 bits per heavy atom. The van der Waals surface area contributed by atoms with E-state index in [4.69, 9.17) is 4.74 Å². The van der Waals surface area contributed by atoms with Crippen molar-refractivity contribution >= 4 is 5.78 Å². The molecule has 0 saturated heterocycles. The molecule has 0 amide bonds. The first-order chi connectivity index (χ1) is 9.04. The Morgan fingerprint density at radius 3 is 2.21 bits per heavy atom. The van der Waals surface area contributed by atoms with Crippen LogP contribution in [0.4, 0.5) is 0 Å². The van der Waals surface area contributed by atoms with Gasteiger partial charge in [0.1, 0.15) is 5.75 Å².